The van der Waals surface area contributed by atoms with E-state index in [9.17, 15) is 9.90 Å². The Morgan fingerprint density at radius 1 is 1.18 bits per heavy atom. The summed E-state index contributed by atoms with van der Waals surface area (Å²) in [6.07, 6.45) is 0. The van der Waals surface area contributed by atoms with Gasteiger partial charge >= 0.3 is 0 Å². The molecule has 3 N–H and O–H groups in total. The summed E-state index contributed by atoms with van der Waals surface area (Å²) >= 11 is 5.82. The highest BCUT2D eigenvalue weighted by atomic mass is 35.5. The Morgan fingerprint density at radius 2 is 1.94 bits per heavy atom. The number of hydrogen-bond donors (Lipinski definition) is 2. The standard InChI is InChI=1S/C13H10ClNO2/c14-9-3-1-2-8(6-9)13(17)11-5-4-10(16)7-12(11)15/h1-7,16H,15H2. The molecule has 3 nitrogen and oxygen atoms in total. The fourth-order valence-corrected chi connectivity index (χ4v) is 1.73. The number of aromatic hydroxyl groups is 1. The van der Waals surface area contributed by atoms with Crippen LogP contribution in [-0.4, -0.2) is 10.9 Å². The lowest BCUT2D eigenvalue weighted by Gasteiger charge is -2.05. The van der Waals surface area contributed by atoms with E-state index in [0.29, 0.717) is 16.1 Å². The highest BCUT2D eigenvalue weighted by molar-refractivity contribution is 6.31. The van der Waals surface area contributed by atoms with Gasteiger partial charge in [0, 0.05) is 27.9 Å². The zero-order valence-electron chi connectivity index (χ0n) is 8.85. The van der Waals surface area contributed by atoms with Crippen molar-refractivity contribution in [1.29, 1.82) is 0 Å². The topological polar surface area (TPSA) is 63.3 Å². The monoisotopic (exact) mass is 247 g/mol. The lowest BCUT2D eigenvalue weighted by atomic mass is 10.0. The van der Waals surface area contributed by atoms with E-state index in [0.717, 1.165) is 0 Å². The van der Waals surface area contributed by atoms with Gasteiger partial charge in [0.25, 0.3) is 0 Å². The fraction of sp³-hybridized carbons (Fsp3) is 0. The predicted molar refractivity (Wildman–Crippen MR) is 67.4 cm³/mol. The van der Waals surface area contributed by atoms with Crippen LogP contribution in [0.3, 0.4) is 0 Å². The van der Waals surface area contributed by atoms with Gasteiger partial charge in [0.1, 0.15) is 5.75 Å². The summed E-state index contributed by atoms with van der Waals surface area (Å²) < 4.78 is 0. The molecule has 0 aliphatic rings. The Bertz CT molecular complexity index is 581. The van der Waals surface area contributed by atoms with Gasteiger partial charge in [0.15, 0.2) is 5.78 Å². The van der Waals surface area contributed by atoms with Gasteiger partial charge in [-0.3, -0.25) is 4.79 Å². The molecule has 4 heteroatoms. The largest absolute Gasteiger partial charge is 0.508 e. The van der Waals surface area contributed by atoms with Crippen LogP contribution < -0.4 is 5.73 Å². The van der Waals surface area contributed by atoms with Crippen LogP contribution in [-0.2, 0) is 0 Å². The molecular weight excluding hydrogens is 238 g/mol. The first-order chi connectivity index (χ1) is 8.08. The van der Waals surface area contributed by atoms with Crippen molar-refractivity contribution in [2.24, 2.45) is 0 Å². The number of hydrogen-bond acceptors (Lipinski definition) is 3. The third-order valence-electron chi connectivity index (χ3n) is 2.37. The summed E-state index contributed by atoms with van der Waals surface area (Å²) in [6, 6.07) is 10.9. The maximum atomic E-state index is 12.1. The van der Waals surface area contributed by atoms with Crippen molar-refractivity contribution in [3.05, 3.63) is 58.6 Å². The zero-order valence-corrected chi connectivity index (χ0v) is 9.61. The lowest BCUT2D eigenvalue weighted by molar-refractivity contribution is 0.103. The van der Waals surface area contributed by atoms with Crippen LogP contribution in [0.2, 0.25) is 5.02 Å². The predicted octanol–water partition coefficient (Wildman–Crippen LogP) is 2.86. The van der Waals surface area contributed by atoms with Gasteiger partial charge in [0.05, 0.1) is 0 Å². The van der Waals surface area contributed by atoms with Crippen LogP contribution in [0.25, 0.3) is 0 Å². The van der Waals surface area contributed by atoms with Crippen LogP contribution >= 0.6 is 11.6 Å². The number of nitrogens with two attached hydrogens (primary N) is 1. The van der Waals surface area contributed by atoms with Gasteiger partial charge in [-0.15, -0.1) is 0 Å². The number of phenols is 1. The maximum absolute atomic E-state index is 12.1. The van der Waals surface area contributed by atoms with E-state index in [1.54, 1.807) is 24.3 Å². The number of phenolic OH excluding ortho intramolecular Hbond substituents is 1. The highest BCUT2D eigenvalue weighted by Crippen LogP contribution is 2.22. The number of rotatable bonds is 2. The molecule has 2 aromatic carbocycles. The average molecular weight is 248 g/mol. The Morgan fingerprint density at radius 3 is 2.59 bits per heavy atom. The van der Waals surface area contributed by atoms with Gasteiger partial charge in [-0.1, -0.05) is 23.7 Å². The number of benzene rings is 2. The third-order valence-corrected chi connectivity index (χ3v) is 2.60. The minimum Gasteiger partial charge on any atom is -0.508 e. The first-order valence-corrected chi connectivity index (χ1v) is 5.34. The van der Waals surface area contributed by atoms with Gasteiger partial charge in [0.2, 0.25) is 0 Å². The summed E-state index contributed by atoms with van der Waals surface area (Å²) in [7, 11) is 0. The number of halogens is 1. The quantitative estimate of drug-likeness (QED) is 0.634. The van der Waals surface area contributed by atoms with E-state index in [1.165, 1.54) is 18.2 Å². The van der Waals surface area contributed by atoms with E-state index in [4.69, 9.17) is 17.3 Å². The Kier molecular flexibility index (Phi) is 3.02. The fourth-order valence-electron chi connectivity index (χ4n) is 1.54. The molecule has 2 rings (SSSR count). The number of nitrogen functional groups attached to an aromatic ring is 1. The molecule has 86 valence electrons. The third kappa shape index (κ3) is 2.40. The van der Waals surface area contributed by atoms with E-state index >= 15 is 0 Å². The van der Waals surface area contributed by atoms with Crippen molar-refractivity contribution < 1.29 is 9.90 Å². The van der Waals surface area contributed by atoms with Crippen LogP contribution in [0.1, 0.15) is 15.9 Å². The molecule has 0 saturated heterocycles. The van der Waals surface area contributed by atoms with Crippen LogP contribution in [0, 0.1) is 0 Å². The second-order valence-electron chi connectivity index (χ2n) is 3.61. The Balaban J connectivity index is 2.44. The van der Waals surface area contributed by atoms with E-state index < -0.39 is 0 Å². The summed E-state index contributed by atoms with van der Waals surface area (Å²) in [4.78, 5) is 12.1. The normalized spacial score (nSPS) is 10.2. The van der Waals surface area contributed by atoms with Crippen molar-refractivity contribution in [1.82, 2.24) is 0 Å². The zero-order chi connectivity index (χ0) is 12.4. The molecule has 0 atom stereocenters. The van der Waals surface area contributed by atoms with Gasteiger partial charge in [-0.25, -0.2) is 0 Å². The van der Waals surface area contributed by atoms with Crippen molar-refractivity contribution in [3.8, 4) is 5.75 Å². The van der Waals surface area contributed by atoms with E-state index in [2.05, 4.69) is 0 Å². The number of carbonyl (C=O) groups excluding carboxylic acids is 1. The summed E-state index contributed by atoms with van der Waals surface area (Å²) in [5.74, 6) is -0.185. The molecule has 0 saturated carbocycles. The molecule has 0 fully saturated rings. The molecule has 0 bridgehead atoms. The number of anilines is 1. The number of ketones is 1. The molecule has 0 amide bonds. The average Bonchev–Trinajstić information content (AvgIpc) is 2.28. The van der Waals surface area contributed by atoms with Crippen LogP contribution in [0.4, 0.5) is 5.69 Å². The Hall–Kier alpha value is -2.00. The SMILES string of the molecule is Nc1cc(O)ccc1C(=O)c1cccc(Cl)c1. The molecule has 0 aromatic heterocycles. The summed E-state index contributed by atoms with van der Waals surface area (Å²) in [5, 5.41) is 9.72. The minimum atomic E-state index is -0.218. The second kappa shape index (κ2) is 4.47. The second-order valence-corrected chi connectivity index (χ2v) is 4.05. The minimum absolute atomic E-state index is 0.0325. The lowest BCUT2D eigenvalue weighted by Crippen LogP contribution is -2.05. The number of carbonyl (C=O) groups is 1. The van der Waals surface area contributed by atoms with Crippen molar-refractivity contribution in [2.45, 2.75) is 0 Å². The van der Waals surface area contributed by atoms with E-state index in [1.807, 2.05) is 0 Å². The Labute approximate surface area is 103 Å². The first-order valence-electron chi connectivity index (χ1n) is 4.96. The molecular formula is C13H10ClNO2. The maximum Gasteiger partial charge on any atom is 0.195 e. The van der Waals surface area contributed by atoms with Crippen molar-refractivity contribution >= 4 is 23.1 Å². The van der Waals surface area contributed by atoms with E-state index in [-0.39, 0.29) is 17.2 Å². The van der Waals surface area contributed by atoms with Gasteiger partial charge < -0.3 is 10.8 Å². The molecule has 17 heavy (non-hydrogen) atoms. The molecule has 0 spiro atoms. The first kappa shape index (κ1) is 11.5. The molecule has 0 aliphatic carbocycles. The van der Waals surface area contributed by atoms with Crippen LogP contribution in [0.15, 0.2) is 42.5 Å². The summed E-state index contributed by atoms with van der Waals surface area (Å²) in [5.41, 5.74) is 6.75. The highest BCUT2D eigenvalue weighted by Gasteiger charge is 2.12. The molecule has 0 aliphatic heterocycles. The van der Waals surface area contributed by atoms with Gasteiger partial charge in [-0.2, -0.15) is 0 Å². The molecule has 0 unspecified atom stereocenters. The van der Waals surface area contributed by atoms with Crippen LogP contribution in [0.5, 0.6) is 5.75 Å². The molecule has 2 aromatic rings. The van der Waals surface area contributed by atoms with Crippen molar-refractivity contribution in [3.63, 3.8) is 0 Å². The summed E-state index contributed by atoms with van der Waals surface area (Å²) in [6.45, 7) is 0. The molecule has 0 heterocycles. The smallest absolute Gasteiger partial charge is 0.195 e. The van der Waals surface area contributed by atoms with Crippen molar-refractivity contribution in [2.75, 3.05) is 5.73 Å². The van der Waals surface area contributed by atoms with Gasteiger partial charge in [-0.05, 0) is 24.3 Å². The molecule has 0 radical (unpaired) electrons.